The molecule has 1 N–H and O–H groups in total. The van der Waals surface area contributed by atoms with Gasteiger partial charge < -0.3 is 10.2 Å². The molecule has 5 heteroatoms. The van der Waals surface area contributed by atoms with Gasteiger partial charge in [-0.2, -0.15) is 5.10 Å². The minimum atomic E-state index is 0.755. The summed E-state index contributed by atoms with van der Waals surface area (Å²) in [5, 5.41) is 7.99. The SMILES string of the molecule is CN=C(NCc1cnn(-c2ccccc2)c1)N1CC2CCCCC2C1. The first-order valence-electron chi connectivity index (χ1n) is 9.38. The van der Waals surface area contributed by atoms with E-state index in [1.165, 1.54) is 31.2 Å². The molecule has 0 radical (unpaired) electrons. The van der Waals surface area contributed by atoms with Gasteiger partial charge in [-0.15, -0.1) is 0 Å². The van der Waals surface area contributed by atoms with Crippen molar-refractivity contribution in [2.24, 2.45) is 16.8 Å². The maximum Gasteiger partial charge on any atom is 0.193 e. The molecule has 4 rings (SSSR count). The van der Waals surface area contributed by atoms with E-state index in [2.05, 4.69) is 38.6 Å². The quantitative estimate of drug-likeness (QED) is 0.691. The van der Waals surface area contributed by atoms with Crippen molar-refractivity contribution in [3.05, 3.63) is 48.3 Å². The van der Waals surface area contributed by atoms with Gasteiger partial charge in [0.25, 0.3) is 0 Å². The summed E-state index contributed by atoms with van der Waals surface area (Å²) in [5.41, 5.74) is 2.25. The number of fused-ring (bicyclic) bond motifs is 1. The first-order chi connectivity index (χ1) is 12.3. The number of benzene rings is 1. The molecule has 1 saturated carbocycles. The summed E-state index contributed by atoms with van der Waals surface area (Å²) in [4.78, 5) is 6.96. The van der Waals surface area contributed by atoms with Crippen molar-refractivity contribution in [3.63, 3.8) is 0 Å². The van der Waals surface area contributed by atoms with Crippen molar-refractivity contribution < 1.29 is 0 Å². The van der Waals surface area contributed by atoms with E-state index in [1.54, 1.807) is 0 Å². The summed E-state index contributed by atoms with van der Waals surface area (Å²) < 4.78 is 1.92. The minimum absolute atomic E-state index is 0.755. The van der Waals surface area contributed by atoms with Crippen LogP contribution in [0.5, 0.6) is 0 Å². The van der Waals surface area contributed by atoms with Gasteiger partial charge in [-0.05, 0) is 36.8 Å². The lowest BCUT2D eigenvalue weighted by Crippen LogP contribution is -2.39. The van der Waals surface area contributed by atoms with E-state index in [4.69, 9.17) is 0 Å². The summed E-state index contributed by atoms with van der Waals surface area (Å²) in [6.45, 7) is 3.08. The molecule has 2 heterocycles. The summed E-state index contributed by atoms with van der Waals surface area (Å²) in [7, 11) is 1.89. The van der Waals surface area contributed by atoms with Crippen molar-refractivity contribution in [2.45, 2.75) is 32.2 Å². The molecule has 0 spiro atoms. The van der Waals surface area contributed by atoms with Gasteiger partial charge in [-0.3, -0.25) is 4.99 Å². The van der Waals surface area contributed by atoms with Crippen LogP contribution in [0.15, 0.2) is 47.7 Å². The average molecular weight is 337 g/mol. The van der Waals surface area contributed by atoms with Crippen molar-refractivity contribution in [2.75, 3.05) is 20.1 Å². The van der Waals surface area contributed by atoms with E-state index in [1.807, 2.05) is 36.1 Å². The average Bonchev–Trinajstić information content (AvgIpc) is 3.30. The van der Waals surface area contributed by atoms with E-state index in [9.17, 15) is 0 Å². The molecule has 25 heavy (non-hydrogen) atoms. The number of para-hydroxylation sites is 1. The van der Waals surface area contributed by atoms with Gasteiger partial charge >= 0.3 is 0 Å². The molecule has 0 bridgehead atoms. The normalized spacial score (nSPS) is 23.6. The summed E-state index contributed by atoms with van der Waals surface area (Å²) >= 11 is 0. The Morgan fingerprint density at radius 2 is 1.88 bits per heavy atom. The van der Waals surface area contributed by atoms with E-state index >= 15 is 0 Å². The fourth-order valence-corrected chi connectivity index (χ4v) is 4.27. The number of hydrogen-bond acceptors (Lipinski definition) is 2. The van der Waals surface area contributed by atoms with Crippen LogP contribution < -0.4 is 5.32 Å². The summed E-state index contributed by atoms with van der Waals surface area (Å²) in [6, 6.07) is 10.2. The summed E-state index contributed by atoms with van der Waals surface area (Å²) in [6.07, 6.45) is 9.60. The van der Waals surface area contributed by atoms with Gasteiger partial charge in [0, 0.05) is 38.4 Å². The second-order valence-corrected chi connectivity index (χ2v) is 7.24. The largest absolute Gasteiger partial charge is 0.352 e. The third-order valence-corrected chi connectivity index (χ3v) is 5.60. The predicted octanol–water partition coefficient (Wildman–Crippen LogP) is 3.07. The smallest absolute Gasteiger partial charge is 0.193 e. The molecule has 1 aliphatic heterocycles. The molecule has 132 valence electrons. The Kier molecular flexibility index (Phi) is 4.72. The lowest BCUT2D eigenvalue weighted by molar-refractivity contribution is 0.299. The molecule has 1 aliphatic carbocycles. The molecule has 1 aromatic heterocycles. The maximum atomic E-state index is 4.51. The van der Waals surface area contributed by atoms with Crippen LogP contribution in [0.25, 0.3) is 5.69 Å². The molecular formula is C20H27N5. The zero-order valence-corrected chi connectivity index (χ0v) is 14.9. The Morgan fingerprint density at radius 3 is 2.56 bits per heavy atom. The number of guanidine groups is 1. The van der Waals surface area contributed by atoms with Crippen LogP contribution in [-0.4, -0.2) is 40.8 Å². The minimum Gasteiger partial charge on any atom is -0.352 e. The third kappa shape index (κ3) is 3.55. The highest BCUT2D eigenvalue weighted by atomic mass is 15.3. The molecule has 2 fully saturated rings. The number of nitrogens with zero attached hydrogens (tertiary/aromatic N) is 4. The van der Waals surface area contributed by atoms with Gasteiger partial charge in [0.05, 0.1) is 11.9 Å². The van der Waals surface area contributed by atoms with Crippen LogP contribution in [0.1, 0.15) is 31.2 Å². The highest BCUT2D eigenvalue weighted by molar-refractivity contribution is 5.80. The molecule has 1 aromatic carbocycles. The lowest BCUT2D eigenvalue weighted by Gasteiger charge is -2.22. The highest BCUT2D eigenvalue weighted by Gasteiger charge is 2.35. The van der Waals surface area contributed by atoms with E-state index in [-0.39, 0.29) is 0 Å². The molecule has 2 atom stereocenters. The summed E-state index contributed by atoms with van der Waals surface area (Å²) in [5.74, 6) is 2.77. The molecule has 2 aromatic rings. The number of hydrogen-bond donors (Lipinski definition) is 1. The second kappa shape index (κ2) is 7.30. The lowest BCUT2D eigenvalue weighted by atomic mass is 9.82. The Labute approximate surface area is 149 Å². The first-order valence-corrected chi connectivity index (χ1v) is 9.38. The van der Waals surface area contributed by atoms with Crippen LogP contribution in [0.3, 0.4) is 0 Å². The third-order valence-electron chi connectivity index (χ3n) is 5.60. The number of rotatable bonds is 3. The van der Waals surface area contributed by atoms with E-state index < -0.39 is 0 Å². The topological polar surface area (TPSA) is 45.5 Å². The zero-order chi connectivity index (χ0) is 17.1. The van der Waals surface area contributed by atoms with Crippen molar-refractivity contribution >= 4 is 5.96 Å². The Morgan fingerprint density at radius 1 is 1.16 bits per heavy atom. The molecule has 5 nitrogen and oxygen atoms in total. The number of likely N-dealkylation sites (tertiary alicyclic amines) is 1. The number of aromatic nitrogens is 2. The Bertz CT molecular complexity index is 707. The Balaban J connectivity index is 1.36. The number of aliphatic imine (C=N–C) groups is 1. The van der Waals surface area contributed by atoms with Crippen LogP contribution in [0.2, 0.25) is 0 Å². The second-order valence-electron chi connectivity index (χ2n) is 7.24. The van der Waals surface area contributed by atoms with Gasteiger partial charge in [-0.1, -0.05) is 31.0 Å². The molecule has 0 amide bonds. The molecule has 2 aliphatic rings. The van der Waals surface area contributed by atoms with Crippen LogP contribution in [-0.2, 0) is 6.54 Å². The van der Waals surface area contributed by atoms with Crippen molar-refractivity contribution in [3.8, 4) is 5.69 Å². The number of nitrogens with one attached hydrogen (secondary N) is 1. The standard InChI is InChI=1S/C20H27N5/c1-21-20(24-14-17-7-5-6-8-18(17)15-24)22-11-16-12-23-25(13-16)19-9-3-2-4-10-19/h2-4,9-10,12-13,17-18H,5-8,11,14-15H2,1H3,(H,21,22). The maximum absolute atomic E-state index is 4.51. The molecule has 1 saturated heterocycles. The van der Waals surface area contributed by atoms with Gasteiger partial charge in [-0.25, -0.2) is 4.68 Å². The monoisotopic (exact) mass is 337 g/mol. The van der Waals surface area contributed by atoms with E-state index in [0.29, 0.717) is 0 Å². The van der Waals surface area contributed by atoms with Gasteiger partial charge in [0.2, 0.25) is 0 Å². The van der Waals surface area contributed by atoms with Crippen LogP contribution >= 0.6 is 0 Å². The highest BCUT2D eigenvalue weighted by Crippen LogP contribution is 2.35. The van der Waals surface area contributed by atoms with E-state index in [0.717, 1.165) is 43.1 Å². The van der Waals surface area contributed by atoms with Gasteiger partial charge in [0.15, 0.2) is 5.96 Å². The van der Waals surface area contributed by atoms with Gasteiger partial charge in [0.1, 0.15) is 0 Å². The molecule has 2 unspecified atom stereocenters. The Hall–Kier alpha value is -2.30. The zero-order valence-electron chi connectivity index (χ0n) is 14.9. The van der Waals surface area contributed by atoms with Crippen molar-refractivity contribution in [1.82, 2.24) is 20.0 Å². The van der Waals surface area contributed by atoms with Crippen molar-refractivity contribution in [1.29, 1.82) is 0 Å². The van der Waals surface area contributed by atoms with Crippen LogP contribution in [0.4, 0.5) is 0 Å². The van der Waals surface area contributed by atoms with Crippen LogP contribution in [0, 0.1) is 11.8 Å². The predicted molar refractivity (Wildman–Crippen MR) is 101 cm³/mol. The fraction of sp³-hybridized carbons (Fsp3) is 0.500. The molecular weight excluding hydrogens is 310 g/mol. The fourth-order valence-electron chi connectivity index (χ4n) is 4.27. The first kappa shape index (κ1) is 16.2.